The average molecular weight is 225 g/mol. The first-order valence-corrected chi connectivity index (χ1v) is 5.16. The van der Waals surface area contributed by atoms with Crippen LogP contribution in [0.1, 0.15) is 17.9 Å². The highest BCUT2D eigenvalue weighted by Gasteiger charge is 2.23. The Labute approximate surface area is 79.6 Å². The summed E-state index contributed by atoms with van der Waals surface area (Å²) in [5, 5.41) is 8.23. The maximum absolute atomic E-state index is 12.3. The highest BCUT2D eigenvalue weighted by atomic mass is 32.2. The van der Waals surface area contributed by atoms with E-state index in [0.717, 1.165) is 0 Å². The number of nitrogens with two attached hydrogens (primary N) is 1. The smallest absolute Gasteiger partial charge is 0.225 e. The predicted molar refractivity (Wildman–Crippen MR) is 44.3 cm³/mol. The molecule has 0 saturated carbocycles. The normalized spacial score (nSPS) is 12.4. The number of alkyl halides is 2. The molecule has 0 aliphatic rings. The molecular weight excluding hydrogens is 216 g/mol. The molecule has 0 fully saturated rings. The van der Waals surface area contributed by atoms with Crippen molar-refractivity contribution in [2.24, 2.45) is 5.14 Å². The quantitative estimate of drug-likeness (QED) is 0.798. The minimum atomic E-state index is -3.99. The van der Waals surface area contributed by atoms with Crippen LogP contribution in [0.4, 0.5) is 8.78 Å². The summed E-state index contributed by atoms with van der Waals surface area (Å²) in [7, 11) is -3.99. The van der Waals surface area contributed by atoms with E-state index in [2.05, 4.69) is 5.10 Å². The minimum absolute atomic E-state index is 0.0229. The van der Waals surface area contributed by atoms with E-state index < -0.39 is 16.6 Å². The molecule has 1 rings (SSSR count). The van der Waals surface area contributed by atoms with Crippen molar-refractivity contribution in [3.05, 3.63) is 11.4 Å². The fraction of sp³-hybridized carbons (Fsp3) is 0.500. The number of rotatable bonds is 2. The van der Waals surface area contributed by atoms with Gasteiger partial charge >= 0.3 is 6.55 Å². The number of aryl methyl sites for hydroxylation is 1. The number of aromatic nitrogens is 2. The van der Waals surface area contributed by atoms with Crippen LogP contribution in [0.2, 0.25) is 0 Å². The van der Waals surface area contributed by atoms with Crippen molar-refractivity contribution in [3.8, 4) is 0 Å². The van der Waals surface area contributed by atoms with Crippen molar-refractivity contribution < 1.29 is 17.2 Å². The van der Waals surface area contributed by atoms with Crippen LogP contribution in [-0.4, -0.2) is 18.2 Å². The topological polar surface area (TPSA) is 78.0 Å². The van der Waals surface area contributed by atoms with Gasteiger partial charge in [0.2, 0.25) is 10.0 Å². The third kappa shape index (κ3) is 1.75. The second kappa shape index (κ2) is 3.28. The predicted octanol–water partition coefficient (Wildman–Crippen LogP) is 0.542. The van der Waals surface area contributed by atoms with Crippen molar-refractivity contribution >= 4 is 10.0 Å². The van der Waals surface area contributed by atoms with E-state index >= 15 is 0 Å². The molecule has 0 aromatic carbocycles. The fourth-order valence-corrected chi connectivity index (χ4v) is 2.21. The highest BCUT2D eigenvalue weighted by Crippen LogP contribution is 2.21. The number of halogens is 2. The van der Waals surface area contributed by atoms with Crippen molar-refractivity contribution in [1.82, 2.24) is 9.78 Å². The highest BCUT2D eigenvalue weighted by molar-refractivity contribution is 7.89. The Bertz CT molecular complexity index is 452. The van der Waals surface area contributed by atoms with Crippen molar-refractivity contribution in [2.75, 3.05) is 0 Å². The van der Waals surface area contributed by atoms with Crippen LogP contribution in [0, 0.1) is 13.8 Å². The fourth-order valence-electron chi connectivity index (χ4n) is 1.25. The number of sulfonamides is 1. The Morgan fingerprint density at radius 2 is 1.93 bits per heavy atom. The molecule has 0 spiro atoms. The molecule has 0 amide bonds. The SMILES string of the molecule is Cc1nn(C(F)F)c(C)c1S(N)(=O)=O. The van der Waals surface area contributed by atoms with Gasteiger partial charge < -0.3 is 0 Å². The van der Waals surface area contributed by atoms with Crippen LogP contribution in [0.3, 0.4) is 0 Å². The Hall–Kier alpha value is -1.02. The summed E-state index contributed by atoms with van der Waals surface area (Å²) in [6.45, 7) is -0.332. The van der Waals surface area contributed by atoms with Gasteiger partial charge in [0.05, 0.1) is 11.4 Å². The number of nitrogens with zero attached hydrogens (tertiary/aromatic N) is 2. The summed E-state index contributed by atoms with van der Waals surface area (Å²) in [4.78, 5) is -0.335. The summed E-state index contributed by atoms with van der Waals surface area (Å²) < 4.78 is 46.9. The average Bonchev–Trinajstić information content (AvgIpc) is 2.24. The van der Waals surface area contributed by atoms with Gasteiger partial charge in [-0.2, -0.15) is 13.9 Å². The van der Waals surface area contributed by atoms with E-state index in [1.807, 2.05) is 0 Å². The van der Waals surface area contributed by atoms with E-state index in [9.17, 15) is 17.2 Å². The van der Waals surface area contributed by atoms with Gasteiger partial charge in [0, 0.05) is 0 Å². The van der Waals surface area contributed by atoms with Gasteiger partial charge in [-0.15, -0.1) is 0 Å². The van der Waals surface area contributed by atoms with Crippen molar-refractivity contribution in [3.63, 3.8) is 0 Å². The minimum Gasteiger partial charge on any atom is -0.225 e. The van der Waals surface area contributed by atoms with Crippen LogP contribution >= 0.6 is 0 Å². The second-order valence-electron chi connectivity index (χ2n) is 2.77. The molecule has 1 aromatic heterocycles. The lowest BCUT2D eigenvalue weighted by Gasteiger charge is -2.01. The molecule has 5 nitrogen and oxygen atoms in total. The van der Waals surface area contributed by atoms with Gasteiger partial charge in [0.1, 0.15) is 4.90 Å². The molecule has 1 aromatic rings. The first-order valence-electron chi connectivity index (χ1n) is 3.62. The Balaban J connectivity index is 3.48. The van der Waals surface area contributed by atoms with Crippen LogP contribution in [0.5, 0.6) is 0 Å². The van der Waals surface area contributed by atoms with E-state index in [0.29, 0.717) is 4.68 Å². The standard InChI is InChI=1S/C6H9F2N3O2S/c1-3-5(14(9,12)13)4(2)11(10-3)6(7)8/h6H,1-2H3,(H2,9,12,13). The van der Waals surface area contributed by atoms with Crippen molar-refractivity contribution in [1.29, 1.82) is 0 Å². The number of primary sulfonamides is 1. The van der Waals surface area contributed by atoms with E-state index in [1.54, 1.807) is 0 Å². The zero-order valence-corrected chi connectivity index (χ0v) is 8.35. The number of hydrogen-bond acceptors (Lipinski definition) is 3. The third-order valence-corrected chi connectivity index (χ3v) is 2.89. The maximum Gasteiger partial charge on any atom is 0.333 e. The molecule has 2 N–H and O–H groups in total. The Morgan fingerprint density at radius 1 is 1.43 bits per heavy atom. The molecule has 1 heterocycles. The zero-order valence-electron chi connectivity index (χ0n) is 7.53. The molecule has 0 radical (unpaired) electrons. The van der Waals surface area contributed by atoms with Gasteiger partial charge in [-0.1, -0.05) is 0 Å². The lowest BCUT2D eigenvalue weighted by Crippen LogP contribution is -2.14. The molecule has 14 heavy (non-hydrogen) atoms. The molecule has 0 aliphatic heterocycles. The first kappa shape index (κ1) is 11.1. The monoisotopic (exact) mass is 225 g/mol. The molecule has 0 unspecified atom stereocenters. The summed E-state index contributed by atoms with van der Waals surface area (Å²) in [5.41, 5.74) is -0.176. The molecule has 0 bridgehead atoms. The van der Waals surface area contributed by atoms with Gasteiger partial charge in [-0.3, -0.25) is 0 Å². The van der Waals surface area contributed by atoms with Crippen LogP contribution < -0.4 is 5.14 Å². The van der Waals surface area contributed by atoms with Crippen LogP contribution in [0.25, 0.3) is 0 Å². The first-order chi connectivity index (χ1) is 6.25. The molecular formula is C6H9F2N3O2S. The lowest BCUT2D eigenvalue weighted by atomic mass is 10.4. The molecule has 0 saturated heterocycles. The van der Waals surface area contributed by atoms with Crippen LogP contribution in [-0.2, 0) is 10.0 Å². The van der Waals surface area contributed by atoms with Gasteiger partial charge in [0.25, 0.3) is 0 Å². The Kier molecular flexibility index (Phi) is 2.59. The number of hydrogen-bond donors (Lipinski definition) is 1. The molecule has 0 aliphatic carbocycles. The van der Waals surface area contributed by atoms with E-state index in [1.165, 1.54) is 13.8 Å². The van der Waals surface area contributed by atoms with Gasteiger partial charge in [-0.25, -0.2) is 18.2 Å². The molecule has 0 atom stereocenters. The lowest BCUT2D eigenvalue weighted by molar-refractivity contribution is 0.0538. The van der Waals surface area contributed by atoms with E-state index in [-0.39, 0.29) is 16.3 Å². The van der Waals surface area contributed by atoms with Gasteiger partial charge in [-0.05, 0) is 13.8 Å². The van der Waals surface area contributed by atoms with Crippen LogP contribution in [0.15, 0.2) is 4.90 Å². The summed E-state index contributed by atoms with van der Waals surface area (Å²) in [6, 6.07) is 0. The zero-order chi connectivity index (χ0) is 11.1. The van der Waals surface area contributed by atoms with Gasteiger partial charge in [0.15, 0.2) is 0 Å². The summed E-state index contributed by atoms with van der Waals surface area (Å²) in [5.74, 6) is 0. The Morgan fingerprint density at radius 3 is 2.14 bits per heavy atom. The third-order valence-electron chi connectivity index (χ3n) is 1.73. The largest absolute Gasteiger partial charge is 0.333 e. The van der Waals surface area contributed by atoms with E-state index in [4.69, 9.17) is 5.14 Å². The summed E-state index contributed by atoms with van der Waals surface area (Å²) in [6.07, 6.45) is 0. The summed E-state index contributed by atoms with van der Waals surface area (Å²) >= 11 is 0. The molecule has 8 heteroatoms. The van der Waals surface area contributed by atoms with Crippen molar-refractivity contribution in [2.45, 2.75) is 25.3 Å². The molecule has 80 valence electrons. The second-order valence-corrected chi connectivity index (χ2v) is 4.27. The maximum atomic E-state index is 12.3.